The predicted octanol–water partition coefficient (Wildman–Crippen LogP) is 2.53. The molecule has 2 fully saturated rings. The predicted molar refractivity (Wildman–Crippen MR) is 69.3 cm³/mol. The standard InChI is InChI=1S/C14H28N2/c1-13(2)12(14(13,3)4)9-16-11-7-5-10(15)6-8-11/h10-12,16H,5-9,15H2,1-4H3. The number of hydrogen-bond donors (Lipinski definition) is 2. The molecule has 0 aromatic heterocycles. The van der Waals surface area contributed by atoms with Gasteiger partial charge in [0, 0.05) is 12.1 Å². The van der Waals surface area contributed by atoms with Gasteiger partial charge in [0.25, 0.3) is 0 Å². The molecule has 94 valence electrons. The highest BCUT2D eigenvalue weighted by Gasteiger charge is 2.63. The lowest BCUT2D eigenvalue weighted by molar-refractivity contribution is 0.332. The lowest BCUT2D eigenvalue weighted by Gasteiger charge is -2.27. The molecule has 2 nitrogen and oxygen atoms in total. The summed E-state index contributed by atoms with van der Waals surface area (Å²) in [6.45, 7) is 10.8. The Labute approximate surface area is 100 Å². The van der Waals surface area contributed by atoms with Crippen LogP contribution in [-0.2, 0) is 0 Å². The summed E-state index contributed by atoms with van der Waals surface area (Å²) >= 11 is 0. The molecule has 0 amide bonds. The number of rotatable bonds is 3. The summed E-state index contributed by atoms with van der Waals surface area (Å²) in [5.41, 5.74) is 6.96. The maximum atomic E-state index is 5.92. The molecule has 0 radical (unpaired) electrons. The highest BCUT2D eigenvalue weighted by molar-refractivity contribution is 5.13. The van der Waals surface area contributed by atoms with Crippen molar-refractivity contribution in [1.82, 2.24) is 5.32 Å². The molecule has 2 heteroatoms. The lowest BCUT2D eigenvalue weighted by Crippen LogP contribution is -2.38. The fourth-order valence-electron chi connectivity index (χ4n) is 3.45. The van der Waals surface area contributed by atoms with Gasteiger partial charge in [0.2, 0.25) is 0 Å². The minimum atomic E-state index is 0.465. The molecule has 0 bridgehead atoms. The fraction of sp³-hybridized carbons (Fsp3) is 1.00. The summed E-state index contributed by atoms with van der Waals surface area (Å²) in [5.74, 6) is 0.843. The maximum absolute atomic E-state index is 5.92. The van der Waals surface area contributed by atoms with E-state index >= 15 is 0 Å². The second-order valence-electron chi connectivity index (χ2n) is 7.02. The van der Waals surface area contributed by atoms with Crippen molar-refractivity contribution in [2.45, 2.75) is 65.5 Å². The molecule has 0 saturated heterocycles. The molecule has 0 atom stereocenters. The van der Waals surface area contributed by atoms with E-state index < -0.39 is 0 Å². The Balaban J connectivity index is 1.73. The Morgan fingerprint density at radius 2 is 1.50 bits per heavy atom. The van der Waals surface area contributed by atoms with E-state index in [4.69, 9.17) is 5.73 Å². The number of hydrogen-bond acceptors (Lipinski definition) is 2. The fourth-order valence-corrected chi connectivity index (χ4v) is 3.45. The van der Waals surface area contributed by atoms with E-state index in [1.165, 1.54) is 32.2 Å². The van der Waals surface area contributed by atoms with Crippen LogP contribution in [0, 0.1) is 16.7 Å². The first-order valence-electron chi connectivity index (χ1n) is 6.84. The normalized spacial score (nSPS) is 37.3. The SMILES string of the molecule is CC1(C)C(CNC2CCC(N)CC2)C1(C)C. The van der Waals surface area contributed by atoms with Gasteiger partial charge in [-0.3, -0.25) is 0 Å². The Bertz CT molecular complexity index is 235. The first kappa shape index (κ1) is 12.4. The molecule has 0 aromatic rings. The van der Waals surface area contributed by atoms with Crippen molar-refractivity contribution in [3.8, 4) is 0 Å². The molecule has 0 aromatic carbocycles. The van der Waals surface area contributed by atoms with Gasteiger partial charge >= 0.3 is 0 Å². The van der Waals surface area contributed by atoms with Crippen LogP contribution in [0.3, 0.4) is 0 Å². The van der Waals surface area contributed by atoms with Crippen LogP contribution in [0.2, 0.25) is 0 Å². The van der Waals surface area contributed by atoms with Crippen LogP contribution in [0.4, 0.5) is 0 Å². The molecule has 2 saturated carbocycles. The average Bonchev–Trinajstić information content (AvgIpc) is 2.58. The van der Waals surface area contributed by atoms with Crippen LogP contribution in [-0.4, -0.2) is 18.6 Å². The lowest BCUT2D eigenvalue weighted by atomic mass is 9.91. The molecular weight excluding hydrogens is 196 g/mol. The van der Waals surface area contributed by atoms with Gasteiger partial charge in [0.15, 0.2) is 0 Å². The zero-order valence-electron chi connectivity index (χ0n) is 11.3. The summed E-state index contributed by atoms with van der Waals surface area (Å²) in [7, 11) is 0. The summed E-state index contributed by atoms with van der Waals surface area (Å²) < 4.78 is 0. The molecule has 2 aliphatic rings. The zero-order valence-corrected chi connectivity index (χ0v) is 11.3. The van der Waals surface area contributed by atoms with E-state index in [1.807, 2.05) is 0 Å². The minimum Gasteiger partial charge on any atom is -0.328 e. The van der Waals surface area contributed by atoms with Crippen LogP contribution in [0.15, 0.2) is 0 Å². The summed E-state index contributed by atoms with van der Waals surface area (Å²) in [6, 6.07) is 1.19. The second-order valence-corrected chi connectivity index (χ2v) is 7.02. The number of nitrogens with two attached hydrogens (primary N) is 1. The quantitative estimate of drug-likeness (QED) is 0.773. The van der Waals surface area contributed by atoms with Gasteiger partial charge in [-0.1, -0.05) is 27.7 Å². The van der Waals surface area contributed by atoms with Crippen molar-refractivity contribution in [3.63, 3.8) is 0 Å². The molecular formula is C14H28N2. The molecule has 0 unspecified atom stereocenters. The summed E-state index contributed by atoms with van der Waals surface area (Å²) in [5, 5.41) is 3.76. The molecule has 2 rings (SSSR count). The Morgan fingerprint density at radius 3 is 1.94 bits per heavy atom. The first-order valence-corrected chi connectivity index (χ1v) is 6.84. The van der Waals surface area contributed by atoms with Crippen LogP contribution < -0.4 is 11.1 Å². The van der Waals surface area contributed by atoms with Crippen LogP contribution in [0.25, 0.3) is 0 Å². The van der Waals surface area contributed by atoms with Gasteiger partial charge in [-0.15, -0.1) is 0 Å². The van der Waals surface area contributed by atoms with Crippen LogP contribution in [0.5, 0.6) is 0 Å². The van der Waals surface area contributed by atoms with Gasteiger partial charge in [-0.05, 0) is 49.0 Å². The van der Waals surface area contributed by atoms with E-state index in [1.54, 1.807) is 0 Å². The van der Waals surface area contributed by atoms with Crippen molar-refractivity contribution < 1.29 is 0 Å². The van der Waals surface area contributed by atoms with Crippen molar-refractivity contribution in [2.75, 3.05) is 6.54 Å². The number of nitrogens with one attached hydrogen (secondary N) is 1. The summed E-state index contributed by atoms with van der Waals surface area (Å²) in [4.78, 5) is 0. The second kappa shape index (κ2) is 3.99. The van der Waals surface area contributed by atoms with Crippen molar-refractivity contribution in [1.29, 1.82) is 0 Å². The highest BCUT2D eigenvalue weighted by atomic mass is 14.9. The van der Waals surface area contributed by atoms with Gasteiger partial charge in [-0.2, -0.15) is 0 Å². The monoisotopic (exact) mass is 224 g/mol. The Hall–Kier alpha value is -0.0800. The van der Waals surface area contributed by atoms with Gasteiger partial charge in [0.1, 0.15) is 0 Å². The van der Waals surface area contributed by atoms with E-state index in [2.05, 4.69) is 33.0 Å². The molecule has 0 heterocycles. The summed E-state index contributed by atoms with van der Waals surface area (Å²) in [6.07, 6.45) is 4.95. The van der Waals surface area contributed by atoms with Crippen molar-refractivity contribution in [2.24, 2.45) is 22.5 Å². The minimum absolute atomic E-state index is 0.465. The third-order valence-electron chi connectivity index (χ3n) is 5.70. The van der Waals surface area contributed by atoms with E-state index in [-0.39, 0.29) is 0 Å². The average molecular weight is 224 g/mol. The smallest absolute Gasteiger partial charge is 0.00683 e. The third kappa shape index (κ3) is 2.02. The largest absolute Gasteiger partial charge is 0.328 e. The molecule has 0 spiro atoms. The Morgan fingerprint density at radius 1 is 1.00 bits per heavy atom. The van der Waals surface area contributed by atoms with Gasteiger partial charge in [0.05, 0.1) is 0 Å². The zero-order chi connectivity index (χ0) is 12.0. The van der Waals surface area contributed by atoms with Crippen LogP contribution >= 0.6 is 0 Å². The topological polar surface area (TPSA) is 38.0 Å². The van der Waals surface area contributed by atoms with Crippen molar-refractivity contribution >= 4 is 0 Å². The van der Waals surface area contributed by atoms with E-state index in [0.717, 1.165) is 12.0 Å². The van der Waals surface area contributed by atoms with Gasteiger partial charge < -0.3 is 11.1 Å². The molecule has 3 N–H and O–H groups in total. The Kier molecular flexibility index (Phi) is 3.09. The van der Waals surface area contributed by atoms with Crippen molar-refractivity contribution in [3.05, 3.63) is 0 Å². The first-order chi connectivity index (χ1) is 7.35. The third-order valence-corrected chi connectivity index (χ3v) is 5.70. The van der Waals surface area contributed by atoms with Crippen LogP contribution in [0.1, 0.15) is 53.4 Å². The molecule has 0 aliphatic heterocycles. The van der Waals surface area contributed by atoms with E-state index in [9.17, 15) is 0 Å². The molecule has 2 aliphatic carbocycles. The van der Waals surface area contributed by atoms with Gasteiger partial charge in [-0.25, -0.2) is 0 Å². The molecule has 16 heavy (non-hydrogen) atoms. The maximum Gasteiger partial charge on any atom is 0.00683 e. The highest BCUT2D eigenvalue weighted by Crippen LogP contribution is 2.67. The van der Waals surface area contributed by atoms with E-state index in [0.29, 0.717) is 16.9 Å².